The van der Waals surface area contributed by atoms with E-state index in [-0.39, 0.29) is 5.91 Å². The minimum Gasteiger partial charge on any atom is -0.355 e. The molecule has 1 aromatic heterocycles. The highest BCUT2D eigenvalue weighted by atomic mass is 79.9. The number of carbonyl (C=O) groups is 1. The van der Waals surface area contributed by atoms with Crippen molar-refractivity contribution in [2.24, 2.45) is 0 Å². The maximum Gasteiger partial charge on any atom is 0.234 e. The molecule has 0 bridgehead atoms. The first kappa shape index (κ1) is 17.5. The summed E-state index contributed by atoms with van der Waals surface area (Å²) in [4.78, 5) is 15.2. The summed E-state index contributed by atoms with van der Waals surface area (Å²) >= 11 is 11.1. The molecule has 0 fully saturated rings. The number of hydrogen-bond donors (Lipinski definition) is 1. The lowest BCUT2D eigenvalue weighted by atomic mass is 10.1. The number of carbonyl (C=O) groups excluding carboxylic acids is 1. The molecule has 3 nitrogen and oxygen atoms in total. The van der Waals surface area contributed by atoms with Crippen LogP contribution < -0.4 is 5.32 Å². The summed E-state index contributed by atoms with van der Waals surface area (Å²) in [5, 5.41) is 3.67. The SMILES string of the molecule is CN(CC(=O)NCCc1cccc(Cl)c1)Cc1ccc(Br)s1. The summed E-state index contributed by atoms with van der Waals surface area (Å²) < 4.78 is 1.11. The lowest BCUT2D eigenvalue weighted by Crippen LogP contribution is -2.35. The summed E-state index contributed by atoms with van der Waals surface area (Å²) in [5.74, 6) is 0.0418. The standard InChI is InChI=1S/C16H18BrClN2OS/c1-20(10-14-5-6-15(17)22-14)11-16(21)19-8-7-12-3-2-4-13(18)9-12/h2-6,9H,7-8,10-11H2,1H3,(H,19,21). The molecule has 118 valence electrons. The molecule has 2 aromatic rings. The van der Waals surface area contributed by atoms with Gasteiger partial charge in [-0.15, -0.1) is 11.3 Å². The zero-order valence-electron chi connectivity index (χ0n) is 12.3. The topological polar surface area (TPSA) is 32.3 Å². The van der Waals surface area contributed by atoms with E-state index in [4.69, 9.17) is 11.6 Å². The molecule has 6 heteroatoms. The second-order valence-corrected chi connectivity index (χ2v) is 8.09. The minimum atomic E-state index is 0.0418. The van der Waals surface area contributed by atoms with E-state index in [0.29, 0.717) is 13.1 Å². The maximum atomic E-state index is 11.9. The van der Waals surface area contributed by atoms with E-state index in [0.717, 1.165) is 27.3 Å². The monoisotopic (exact) mass is 400 g/mol. The quantitative estimate of drug-likeness (QED) is 0.762. The van der Waals surface area contributed by atoms with Crippen LogP contribution in [0.5, 0.6) is 0 Å². The molecule has 1 heterocycles. The highest BCUT2D eigenvalue weighted by molar-refractivity contribution is 9.11. The van der Waals surface area contributed by atoms with Gasteiger partial charge in [0, 0.05) is 23.0 Å². The predicted molar refractivity (Wildman–Crippen MR) is 96.5 cm³/mol. The maximum absolute atomic E-state index is 11.9. The minimum absolute atomic E-state index is 0.0418. The lowest BCUT2D eigenvalue weighted by molar-refractivity contribution is -0.122. The van der Waals surface area contributed by atoms with Crippen molar-refractivity contribution in [3.63, 3.8) is 0 Å². The van der Waals surface area contributed by atoms with E-state index in [9.17, 15) is 4.79 Å². The molecular weight excluding hydrogens is 384 g/mol. The fourth-order valence-corrected chi connectivity index (χ4v) is 3.87. The zero-order valence-corrected chi connectivity index (χ0v) is 15.5. The Balaban J connectivity index is 1.69. The number of rotatable bonds is 7. The first-order valence-electron chi connectivity index (χ1n) is 6.97. The van der Waals surface area contributed by atoms with Gasteiger partial charge in [-0.05, 0) is 59.2 Å². The molecule has 0 radical (unpaired) electrons. The summed E-state index contributed by atoms with van der Waals surface area (Å²) in [7, 11) is 1.95. The number of benzene rings is 1. The van der Waals surface area contributed by atoms with Crippen molar-refractivity contribution < 1.29 is 4.79 Å². The van der Waals surface area contributed by atoms with Crippen LogP contribution in [0, 0.1) is 0 Å². The molecule has 0 spiro atoms. The van der Waals surface area contributed by atoms with Gasteiger partial charge in [-0.2, -0.15) is 0 Å². The molecule has 2 rings (SSSR count). The molecule has 0 unspecified atom stereocenters. The Morgan fingerprint density at radius 1 is 1.36 bits per heavy atom. The number of hydrogen-bond acceptors (Lipinski definition) is 3. The average Bonchev–Trinajstić information content (AvgIpc) is 2.83. The van der Waals surface area contributed by atoms with Gasteiger partial charge in [0.25, 0.3) is 0 Å². The van der Waals surface area contributed by atoms with Gasteiger partial charge in [0.1, 0.15) is 0 Å². The number of halogens is 2. The Hall–Kier alpha value is -0.880. The first-order chi connectivity index (χ1) is 10.5. The number of thiophene rings is 1. The molecule has 1 amide bonds. The Morgan fingerprint density at radius 2 is 2.18 bits per heavy atom. The van der Waals surface area contributed by atoms with Crippen LogP contribution in [-0.2, 0) is 17.8 Å². The Kier molecular flexibility index (Phi) is 6.89. The number of nitrogens with zero attached hydrogens (tertiary/aromatic N) is 1. The molecule has 0 aliphatic heterocycles. The third kappa shape index (κ3) is 6.08. The van der Waals surface area contributed by atoms with Gasteiger partial charge >= 0.3 is 0 Å². The third-order valence-electron chi connectivity index (χ3n) is 3.09. The van der Waals surface area contributed by atoms with Crippen LogP contribution in [0.1, 0.15) is 10.4 Å². The van der Waals surface area contributed by atoms with Gasteiger partial charge in [0.05, 0.1) is 10.3 Å². The van der Waals surface area contributed by atoms with E-state index in [1.165, 1.54) is 4.88 Å². The normalized spacial score (nSPS) is 10.9. The van der Waals surface area contributed by atoms with Gasteiger partial charge in [0.2, 0.25) is 5.91 Å². The molecule has 0 aliphatic carbocycles. The number of nitrogens with one attached hydrogen (secondary N) is 1. The molecule has 1 N–H and O–H groups in total. The van der Waals surface area contributed by atoms with Gasteiger partial charge in [-0.1, -0.05) is 23.7 Å². The molecular formula is C16H18BrClN2OS. The third-order valence-corrected chi connectivity index (χ3v) is 4.94. The van der Waals surface area contributed by atoms with Gasteiger partial charge in [0.15, 0.2) is 0 Å². The summed E-state index contributed by atoms with van der Waals surface area (Å²) in [5.41, 5.74) is 1.13. The van der Waals surface area contributed by atoms with E-state index >= 15 is 0 Å². The number of likely N-dealkylation sites (N-methyl/N-ethyl adjacent to an activating group) is 1. The summed E-state index contributed by atoms with van der Waals surface area (Å²) in [6.45, 7) is 1.79. The highest BCUT2D eigenvalue weighted by Gasteiger charge is 2.08. The second-order valence-electron chi connectivity index (χ2n) is 5.11. The van der Waals surface area contributed by atoms with Crippen molar-refractivity contribution in [3.8, 4) is 0 Å². The fraction of sp³-hybridized carbons (Fsp3) is 0.312. The van der Waals surface area contributed by atoms with Crippen LogP contribution >= 0.6 is 38.9 Å². The van der Waals surface area contributed by atoms with Crippen LogP contribution in [0.25, 0.3) is 0 Å². The number of amides is 1. The van der Waals surface area contributed by atoms with Gasteiger partial charge in [-0.25, -0.2) is 0 Å². The molecule has 1 aromatic carbocycles. The van der Waals surface area contributed by atoms with Crippen LogP contribution in [0.4, 0.5) is 0 Å². The molecule has 22 heavy (non-hydrogen) atoms. The van der Waals surface area contributed by atoms with Gasteiger partial charge < -0.3 is 5.32 Å². The molecule has 0 saturated heterocycles. The Bertz CT molecular complexity index is 632. The van der Waals surface area contributed by atoms with Crippen molar-refractivity contribution in [1.29, 1.82) is 0 Å². The Morgan fingerprint density at radius 3 is 2.86 bits per heavy atom. The Labute approximate surface area is 148 Å². The largest absolute Gasteiger partial charge is 0.355 e. The van der Waals surface area contributed by atoms with Crippen molar-refractivity contribution in [1.82, 2.24) is 10.2 Å². The molecule has 0 atom stereocenters. The fourth-order valence-electron chi connectivity index (χ4n) is 2.10. The van der Waals surface area contributed by atoms with E-state index in [1.54, 1.807) is 11.3 Å². The van der Waals surface area contributed by atoms with Crippen LogP contribution in [0.3, 0.4) is 0 Å². The van der Waals surface area contributed by atoms with Crippen molar-refractivity contribution in [3.05, 3.63) is 55.6 Å². The van der Waals surface area contributed by atoms with Crippen molar-refractivity contribution in [2.75, 3.05) is 20.1 Å². The van der Waals surface area contributed by atoms with Crippen molar-refractivity contribution >= 4 is 44.8 Å². The zero-order chi connectivity index (χ0) is 15.9. The van der Waals surface area contributed by atoms with E-state index in [1.807, 2.05) is 42.3 Å². The average molecular weight is 402 g/mol. The van der Waals surface area contributed by atoms with Crippen LogP contribution in [0.15, 0.2) is 40.2 Å². The van der Waals surface area contributed by atoms with Crippen molar-refractivity contribution in [2.45, 2.75) is 13.0 Å². The van der Waals surface area contributed by atoms with Crippen LogP contribution in [0.2, 0.25) is 5.02 Å². The highest BCUT2D eigenvalue weighted by Crippen LogP contribution is 2.22. The molecule has 0 aliphatic rings. The van der Waals surface area contributed by atoms with E-state index in [2.05, 4.69) is 27.3 Å². The summed E-state index contributed by atoms with van der Waals surface area (Å²) in [6, 6.07) is 11.8. The van der Waals surface area contributed by atoms with Crippen LogP contribution in [-0.4, -0.2) is 30.9 Å². The lowest BCUT2D eigenvalue weighted by Gasteiger charge is -2.15. The summed E-state index contributed by atoms with van der Waals surface area (Å²) in [6.07, 6.45) is 0.786. The van der Waals surface area contributed by atoms with E-state index < -0.39 is 0 Å². The smallest absolute Gasteiger partial charge is 0.234 e. The molecule has 0 saturated carbocycles. The first-order valence-corrected chi connectivity index (χ1v) is 8.95. The predicted octanol–water partition coefficient (Wildman–Crippen LogP) is 3.95. The van der Waals surface area contributed by atoms with Gasteiger partial charge in [-0.3, -0.25) is 9.69 Å². The second kappa shape index (κ2) is 8.67.